The third-order valence-corrected chi connectivity index (χ3v) is 5.38. The molecule has 0 unspecified atom stereocenters. The number of carbonyl (C=O) groups excluding carboxylic acids is 1. The summed E-state index contributed by atoms with van der Waals surface area (Å²) in [6, 6.07) is 0. The van der Waals surface area contributed by atoms with Crippen molar-refractivity contribution in [1.82, 2.24) is 15.0 Å². The van der Waals surface area contributed by atoms with E-state index in [9.17, 15) is 4.79 Å². The van der Waals surface area contributed by atoms with E-state index in [-0.39, 0.29) is 35.2 Å². The number of aromatic nitrogens is 2. The molecule has 0 aliphatic carbocycles. The first kappa shape index (κ1) is 18.4. The monoisotopic (exact) mass is 349 g/mol. The minimum atomic E-state index is 0.0586. The number of ether oxygens (including phenoxy) is 1. The van der Waals surface area contributed by atoms with Crippen molar-refractivity contribution in [3.63, 3.8) is 0 Å². The Morgan fingerprint density at radius 3 is 2.48 bits per heavy atom. The molecule has 2 atom stereocenters. The quantitative estimate of drug-likeness (QED) is 0.837. The fourth-order valence-electron chi connectivity index (χ4n) is 3.98. The second kappa shape index (κ2) is 7.06. The van der Waals surface area contributed by atoms with Crippen LogP contribution >= 0.6 is 0 Å². The standard InChI is InChI=1S/C19H31N3O3/c1-12(2)18(23)22-9-6-13(7-10-22)17-20-16(21-25-17)14-8-11-24-15(14)19(3,4)5/h12-15H,6-11H2,1-5H3/t14-,15-/m0/s1. The van der Waals surface area contributed by atoms with Crippen LogP contribution in [0, 0.1) is 11.3 Å². The number of hydrogen-bond acceptors (Lipinski definition) is 5. The molecule has 0 aromatic carbocycles. The topological polar surface area (TPSA) is 68.5 Å². The molecule has 6 nitrogen and oxygen atoms in total. The Hall–Kier alpha value is -1.43. The summed E-state index contributed by atoms with van der Waals surface area (Å²) in [5.41, 5.74) is 0.0600. The zero-order valence-electron chi connectivity index (χ0n) is 16.1. The van der Waals surface area contributed by atoms with Gasteiger partial charge in [0.1, 0.15) is 0 Å². The summed E-state index contributed by atoms with van der Waals surface area (Å²) in [7, 11) is 0. The lowest BCUT2D eigenvalue weighted by Crippen LogP contribution is -2.40. The lowest BCUT2D eigenvalue weighted by atomic mass is 9.81. The summed E-state index contributed by atoms with van der Waals surface area (Å²) in [5.74, 6) is 2.27. The summed E-state index contributed by atoms with van der Waals surface area (Å²) in [6.07, 6.45) is 2.86. The van der Waals surface area contributed by atoms with Crippen molar-refractivity contribution in [3.05, 3.63) is 11.7 Å². The fourth-order valence-corrected chi connectivity index (χ4v) is 3.98. The van der Waals surface area contributed by atoms with Gasteiger partial charge >= 0.3 is 0 Å². The van der Waals surface area contributed by atoms with Crippen LogP contribution in [-0.4, -0.2) is 46.7 Å². The van der Waals surface area contributed by atoms with Crippen molar-refractivity contribution in [2.45, 2.75) is 71.8 Å². The number of hydrogen-bond donors (Lipinski definition) is 0. The van der Waals surface area contributed by atoms with Gasteiger partial charge in [0.15, 0.2) is 5.82 Å². The Morgan fingerprint density at radius 2 is 1.88 bits per heavy atom. The van der Waals surface area contributed by atoms with Crippen molar-refractivity contribution >= 4 is 5.91 Å². The van der Waals surface area contributed by atoms with Gasteiger partial charge in [0.2, 0.25) is 11.8 Å². The highest BCUT2D eigenvalue weighted by Crippen LogP contribution is 2.40. The number of likely N-dealkylation sites (tertiary alicyclic amines) is 1. The molecule has 6 heteroatoms. The maximum Gasteiger partial charge on any atom is 0.229 e. The van der Waals surface area contributed by atoms with Crippen molar-refractivity contribution in [2.75, 3.05) is 19.7 Å². The predicted molar refractivity (Wildman–Crippen MR) is 94.2 cm³/mol. The second-order valence-corrected chi connectivity index (χ2v) is 8.80. The van der Waals surface area contributed by atoms with Gasteiger partial charge < -0.3 is 14.2 Å². The summed E-state index contributed by atoms with van der Waals surface area (Å²) < 4.78 is 11.5. The van der Waals surface area contributed by atoms with Crippen LogP contribution in [0.2, 0.25) is 0 Å². The van der Waals surface area contributed by atoms with E-state index in [1.807, 2.05) is 18.7 Å². The van der Waals surface area contributed by atoms with E-state index in [2.05, 4.69) is 25.9 Å². The van der Waals surface area contributed by atoms with Crippen molar-refractivity contribution in [1.29, 1.82) is 0 Å². The van der Waals surface area contributed by atoms with Crippen LogP contribution < -0.4 is 0 Å². The van der Waals surface area contributed by atoms with Crippen LogP contribution in [0.4, 0.5) is 0 Å². The molecule has 25 heavy (non-hydrogen) atoms. The molecule has 2 saturated heterocycles. The minimum Gasteiger partial charge on any atom is -0.377 e. The Kier molecular flexibility index (Phi) is 5.19. The van der Waals surface area contributed by atoms with Crippen LogP contribution in [0.1, 0.15) is 77.4 Å². The van der Waals surface area contributed by atoms with Crippen LogP contribution in [0.3, 0.4) is 0 Å². The summed E-state index contributed by atoms with van der Waals surface area (Å²) in [4.78, 5) is 18.8. The number of rotatable bonds is 3. The molecule has 0 N–H and O–H groups in total. The average molecular weight is 349 g/mol. The minimum absolute atomic E-state index is 0.0586. The summed E-state index contributed by atoms with van der Waals surface area (Å²) in [5, 5.41) is 4.27. The van der Waals surface area contributed by atoms with E-state index < -0.39 is 0 Å². The maximum atomic E-state index is 12.1. The second-order valence-electron chi connectivity index (χ2n) is 8.80. The normalized spacial score (nSPS) is 25.8. The zero-order valence-corrected chi connectivity index (χ0v) is 16.1. The highest BCUT2D eigenvalue weighted by Gasteiger charge is 2.41. The Labute approximate surface area is 150 Å². The maximum absolute atomic E-state index is 12.1. The van der Waals surface area contributed by atoms with E-state index in [0.717, 1.165) is 50.7 Å². The van der Waals surface area contributed by atoms with Gasteiger partial charge in [-0.15, -0.1) is 0 Å². The molecule has 0 bridgehead atoms. The summed E-state index contributed by atoms with van der Waals surface area (Å²) >= 11 is 0. The SMILES string of the molecule is CC(C)C(=O)N1CCC(c2nc([C@H]3CCO[C@@H]3C(C)(C)C)no2)CC1. The van der Waals surface area contributed by atoms with E-state index >= 15 is 0 Å². The van der Waals surface area contributed by atoms with E-state index in [1.54, 1.807) is 0 Å². The highest BCUT2D eigenvalue weighted by atomic mass is 16.5. The zero-order chi connectivity index (χ0) is 18.2. The predicted octanol–water partition coefficient (Wildman–Crippen LogP) is 3.35. The smallest absolute Gasteiger partial charge is 0.229 e. The Balaban J connectivity index is 1.64. The lowest BCUT2D eigenvalue weighted by molar-refractivity contribution is -0.135. The number of piperidine rings is 1. The molecule has 140 valence electrons. The number of amides is 1. The molecule has 2 aliphatic heterocycles. The largest absolute Gasteiger partial charge is 0.377 e. The Bertz CT molecular complexity index is 597. The number of carbonyl (C=O) groups is 1. The molecule has 1 amide bonds. The first-order valence-corrected chi connectivity index (χ1v) is 9.51. The van der Waals surface area contributed by atoms with E-state index in [0.29, 0.717) is 0 Å². The van der Waals surface area contributed by atoms with Gasteiger partial charge in [-0.3, -0.25) is 4.79 Å². The van der Waals surface area contributed by atoms with Crippen LogP contribution in [0.15, 0.2) is 4.52 Å². The van der Waals surface area contributed by atoms with Gasteiger partial charge in [0, 0.05) is 31.5 Å². The highest BCUT2D eigenvalue weighted by molar-refractivity contribution is 5.78. The number of nitrogens with zero attached hydrogens (tertiary/aromatic N) is 3. The average Bonchev–Trinajstić information content (AvgIpc) is 3.22. The van der Waals surface area contributed by atoms with Gasteiger partial charge in [0.25, 0.3) is 0 Å². The van der Waals surface area contributed by atoms with Gasteiger partial charge in [-0.2, -0.15) is 4.98 Å². The molecular weight excluding hydrogens is 318 g/mol. The van der Waals surface area contributed by atoms with Gasteiger partial charge in [-0.05, 0) is 24.7 Å². The molecule has 1 aromatic heterocycles. The van der Waals surface area contributed by atoms with Crippen LogP contribution in [-0.2, 0) is 9.53 Å². The third-order valence-electron chi connectivity index (χ3n) is 5.38. The molecule has 3 heterocycles. The van der Waals surface area contributed by atoms with Gasteiger partial charge in [-0.25, -0.2) is 0 Å². The van der Waals surface area contributed by atoms with Crippen LogP contribution in [0.5, 0.6) is 0 Å². The first-order chi connectivity index (χ1) is 11.8. The molecule has 2 aliphatic rings. The van der Waals surface area contributed by atoms with Crippen molar-refractivity contribution in [2.24, 2.45) is 11.3 Å². The Morgan fingerprint density at radius 1 is 1.20 bits per heavy atom. The first-order valence-electron chi connectivity index (χ1n) is 9.51. The molecule has 2 fully saturated rings. The molecule has 0 saturated carbocycles. The van der Waals surface area contributed by atoms with Gasteiger partial charge in [-0.1, -0.05) is 39.8 Å². The molecular formula is C19H31N3O3. The fraction of sp³-hybridized carbons (Fsp3) is 0.842. The lowest BCUT2D eigenvalue weighted by Gasteiger charge is -2.31. The molecule has 1 aromatic rings. The van der Waals surface area contributed by atoms with Crippen LogP contribution in [0.25, 0.3) is 0 Å². The molecule has 0 spiro atoms. The molecule has 3 rings (SSSR count). The molecule has 0 radical (unpaired) electrons. The van der Waals surface area contributed by atoms with Crippen molar-refractivity contribution < 1.29 is 14.1 Å². The van der Waals surface area contributed by atoms with E-state index in [1.165, 1.54) is 0 Å². The van der Waals surface area contributed by atoms with Gasteiger partial charge in [0.05, 0.1) is 12.0 Å². The van der Waals surface area contributed by atoms with Crippen molar-refractivity contribution in [3.8, 4) is 0 Å². The third kappa shape index (κ3) is 3.89. The van der Waals surface area contributed by atoms with E-state index in [4.69, 9.17) is 14.2 Å². The summed E-state index contributed by atoms with van der Waals surface area (Å²) in [6.45, 7) is 12.8.